The molecule has 0 aliphatic carbocycles. The molecule has 0 bridgehead atoms. The molecule has 3 amide bonds. The first-order chi connectivity index (χ1) is 13.8. The van der Waals surface area contributed by atoms with Crippen molar-refractivity contribution in [2.45, 2.75) is 58.2 Å². The maximum atomic E-state index is 13.6. The molecular weight excluding hydrogens is 386 g/mol. The summed E-state index contributed by atoms with van der Waals surface area (Å²) >= 11 is 1.71. The Bertz CT molecular complexity index is 902. The fourth-order valence-electron chi connectivity index (χ4n) is 5.39. The van der Waals surface area contributed by atoms with Gasteiger partial charge in [0.1, 0.15) is 5.54 Å². The third-order valence-corrected chi connectivity index (χ3v) is 7.51. The topological polar surface area (TPSA) is 78.5 Å². The molecule has 3 heterocycles. The van der Waals surface area contributed by atoms with Gasteiger partial charge in [0.15, 0.2) is 0 Å². The summed E-state index contributed by atoms with van der Waals surface area (Å²) in [5.74, 6) is -0.885. The van der Waals surface area contributed by atoms with Crippen molar-refractivity contribution in [3.8, 4) is 0 Å². The fourth-order valence-corrected chi connectivity index (χ4v) is 5.88. The second-order valence-corrected chi connectivity index (χ2v) is 9.59. The number of anilines is 1. The van der Waals surface area contributed by atoms with E-state index < -0.39 is 17.4 Å². The number of amides is 3. The van der Waals surface area contributed by atoms with E-state index in [-0.39, 0.29) is 29.8 Å². The molecule has 2 N–H and O–H groups in total. The molecule has 156 valence electrons. The molecule has 0 radical (unpaired) electrons. The summed E-state index contributed by atoms with van der Waals surface area (Å²) in [6.07, 6.45) is 3.47. The number of nitrogens with one attached hydrogen (secondary N) is 2. The van der Waals surface area contributed by atoms with E-state index in [0.29, 0.717) is 6.42 Å². The summed E-state index contributed by atoms with van der Waals surface area (Å²) in [4.78, 5) is 41.8. The molecule has 5 unspecified atom stereocenters. The van der Waals surface area contributed by atoms with Gasteiger partial charge in [-0.1, -0.05) is 24.6 Å². The SMILES string of the molecule is CCC(C)N1C(=O)C2C(CCSC)NC3(C(=O)Nc4c(C)cc(C)cc43)C2C1=O. The number of benzene rings is 1. The minimum Gasteiger partial charge on any atom is -0.324 e. The zero-order chi connectivity index (χ0) is 21.1. The van der Waals surface area contributed by atoms with Crippen LogP contribution in [0.5, 0.6) is 0 Å². The highest BCUT2D eigenvalue weighted by Gasteiger charge is 2.70. The number of aryl methyl sites for hydroxylation is 2. The molecule has 5 atom stereocenters. The van der Waals surface area contributed by atoms with Crippen LogP contribution in [0.1, 0.15) is 43.4 Å². The van der Waals surface area contributed by atoms with Gasteiger partial charge in [-0.3, -0.25) is 24.6 Å². The molecule has 29 heavy (non-hydrogen) atoms. The van der Waals surface area contributed by atoms with Crippen molar-refractivity contribution >= 4 is 35.2 Å². The van der Waals surface area contributed by atoms with Gasteiger partial charge in [0, 0.05) is 23.3 Å². The second kappa shape index (κ2) is 7.13. The van der Waals surface area contributed by atoms with Crippen molar-refractivity contribution in [2.75, 3.05) is 17.3 Å². The minimum atomic E-state index is -1.17. The van der Waals surface area contributed by atoms with Crippen LogP contribution in [-0.4, -0.2) is 46.7 Å². The lowest BCUT2D eigenvalue weighted by Crippen LogP contribution is -2.54. The average molecular weight is 416 g/mol. The smallest absolute Gasteiger partial charge is 0.250 e. The van der Waals surface area contributed by atoms with E-state index in [2.05, 4.69) is 10.6 Å². The van der Waals surface area contributed by atoms with Crippen LogP contribution in [0.2, 0.25) is 0 Å². The molecule has 1 aromatic rings. The lowest BCUT2D eigenvalue weighted by molar-refractivity contribution is -0.145. The zero-order valence-electron chi connectivity index (χ0n) is 17.7. The predicted molar refractivity (Wildman–Crippen MR) is 115 cm³/mol. The zero-order valence-corrected chi connectivity index (χ0v) is 18.5. The number of carbonyl (C=O) groups is 3. The lowest BCUT2D eigenvalue weighted by atomic mass is 9.76. The van der Waals surface area contributed by atoms with E-state index in [1.165, 1.54) is 4.90 Å². The number of hydrogen-bond acceptors (Lipinski definition) is 5. The van der Waals surface area contributed by atoms with Crippen LogP contribution in [0.25, 0.3) is 0 Å². The molecule has 1 spiro atoms. The van der Waals surface area contributed by atoms with Gasteiger partial charge in [-0.25, -0.2) is 0 Å². The monoisotopic (exact) mass is 415 g/mol. The standard InChI is InChI=1S/C22H29N3O3S/c1-6-13(4)25-19(26)16-15(7-8-29-5)24-22(17(16)20(25)27)14-10-11(2)9-12(3)18(14)23-21(22)28/h9-10,13,15-17,24H,6-8H2,1-5H3,(H,23,28). The van der Waals surface area contributed by atoms with Crippen LogP contribution >= 0.6 is 11.8 Å². The number of thioether (sulfide) groups is 1. The molecule has 0 saturated carbocycles. The van der Waals surface area contributed by atoms with E-state index in [4.69, 9.17) is 0 Å². The summed E-state index contributed by atoms with van der Waals surface area (Å²) < 4.78 is 0. The molecular formula is C22H29N3O3S. The van der Waals surface area contributed by atoms with Crippen LogP contribution in [0.15, 0.2) is 12.1 Å². The molecule has 7 heteroatoms. The van der Waals surface area contributed by atoms with Gasteiger partial charge in [0.05, 0.1) is 11.8 Å². The van der Waals surface area contributed by atoms with Gasteiger partial charge >= 0.3 is 0 Å². The normalized spacial score (nSPS) is 31.4. The Hall–Kier alpha value is -1.86. The van der Waals surface area contributed by atoms with E-state index in [1.54, 1.807) is 11.8 Å². The summed E-state index contributed by atoms with van der Waals surface area (Å²) in [6.45, 7) is 7.85. The van der Waals surface area contributed by atoms with Crippen LogP contribution in [-0.2, 0) is 19.9 Å². The van der Waals surface area contributed by atoms with Gasteiger partial charge in [0.25, 0.3) is 0 Å². The third-order valence-electron chi connectivity index (χ3n) is 6.86. The number of rotatable bonds is 5. The third kappa shape index (κ3) is 2.70. The molecule has 3 aliphatic heterocycles. The highest BCUT2D eigenvalue weighted by molar-refractivity contribution is 7.98. The van der Waals surface area contributed by atoms with Crippen LogP contribution in [0, 0.1) is 25.7 Å². The number of likely N-dealkylation sites (tertiary alicyclic amines) is 1. The number of hydrogen-bond donors (Lipinski definition) is 2. The van der Waals surface area contributed by atoms with Crippen molar-refractivity contribution in [3.05, 3.63) is 28.8 Å². The van der Waals surface area contributed by atoms with E-state index in [0.717, 1.165) is 34.6 Å². The largest absolute Gasteiger partial charge is 0.324 e. The first kappa shape index (κ1) is 20.4. The van der Waals surface area contributed by atoms with Gasteiger partial charge < -0.3 is 5.32 Å². The van der Waals surface area contributed by atoms with E-state index in [9.17, 15) is 14.4 Å². The van der Waals surface area contributed by atoms with Crippen molar-refractivity contribution in [2.24, 2.45) is 11.8 Å². The average Bonchev–Trinajstić information content (AvgIpc) is 3.25. The molecule has 3 aliphatic rings. The summed E-state index contributed by atoms with van der Waals surface area (Å²) in [6, 6.07) is 3.66. The lowest BCUT2D eigenvalue weighted by Gasteiger charge is -2.31. The number of imide groups is 1. The Morgan fingerprint density at radius 1 is 1.21 bits per heavy atom. The van der Waals surface area contributed by atoms with Gasteiger partial charge in [-0.15, -0.1) is 0 Å². The van der Waals surface area contributed by atoms with Crippen molar-refractivity contribution < 1.29 is 14.4 Å². The summed E-state index contributed by atoms with van der Waals surface area (Å²) in [5.41, 5.74) is 2.44. The molecule has 2 fully saturated rings. The highest BCUT2D eigenvalue weighted by Crippen LogP contribution is 2.54. The van der Waals surface area contributed by atoms with Gasteiger partial charge in [-0.2, -0.15) is 11.8 Å². The Kier molecular flexibility index (Phi) is 5.02. The Morgan fingerprint density at radius 3 is 2.59 bits per heavy atom. The predicted octanol–water partition coefficient (Wildman–Crippen LogP) is 2.58. The van der Waals surface area contributed by atoms with E-state index in [1.807, 2.05) is 46.1 Å². The molecule has 0 aromatic heterocycles. The van der Waals surface area contributed by atoms with Crippen molar-refractivity contribution in [1.29, 1.82) is 0 Å². The van der Waals surface area contributed by atoms with Crippen LogP contribution < -0.4 is 10.6 Å². The molecule has 4 rings (SSSR count). The maximum absolute atomic E-state index is 13.6. The van der Waals surface area contributed by atoms with Crippen molar-refractivity contribution in [3.63, 3.8) is 0 Å². The molecule has 2 saturated heterocycles. The Balaban J connectivity index is 1.89. The summed E-state index contributed by atoms with van der Waals surface area (Å²) in [7, 11) is 0. The summed E-state index contributed by atoms with van der Waals surface area (Å²) in [5, 5.41) is 6.53. The maximum Gasteiger partial charge on any atom is 0.250 e. The number of fused-ring (bicyclic) bond motifs is 4. The number of nitrogens with zero attached hydrogens (tertiary/aromatic N) is 1. The Labute approximate surface area is 176 Å². The quantitative estimate of drug-likeness (QED) is 0.723. The fraction of sp³-hybridized carbons (Fsp3) is 0.591. The van der Waals surface area contributed by atoms with Gasteiger partial charge in [-0.05, 0) is 51.2 Å². The first-order valence-corrected chi connectivity index (χ1v) is 11.7. The first-order valence-electron chi connectivity index (χ1n) is 10.3. The van der Waals surface area contributed by atoms with Crippen molar-refractivity contribution in [1.82, 2.24) is 10.2 Å². The number of carbonyl (C=O) groups excluding carboxylic acids is 3. The van der Waals surface area contributed by atoms with Crippen LogP contribution in [0.3, 0.4) is 0 Å². The second-order valence-electron chi connectivity index (χ2n) is 8.61. The molecule has 1 aromatic carbocycles. The van der Waals surface area contributed by atoms with Crippen LogP contribution in [0.4, 0.5) is 5.69 Å². The van der Waals surface area contributed by atoms with Gasteiger partial charge in [0.2, 0.25) is 17.7 Å². The van der Waals surface area contributed by atoms with E-state index >= 15 is 0 Å². The highest BCUT2D eigenvalue weighted by atomic mass is 32.2. The Morgan fingerprint density at radius 2 is 1.93 bits per heavy atom. The molecule has 6 nitrogen and oxygen atoms in total. The minimum absolute atomic E-state index is 0.129.